The second kappa shape index (κ2) is 15.5. The van der Waals surface area contributed by atoms with Gasteiger partial charge < -0.3 is 34.8 Å². The molecule has 3 heterocycles. The van der Waals surface area contributed by atoms with E-state index in [9.17, 15) is 24.3 Å². The summed E-state index contributed by atoms with van der Waals surface area (Å²) in [4.78, 5) is 67.8. The number of aliphatic carboxylic acids is 1. The Balaban J connectivity index is 1.59. The first-order chi connectivity index (χ1) is 21.2. The zero-order valence-electron chi connectivity index (χ0n) is 25.8. The summed E-state index contributed by atoms with van der Waals surface area (Å²) < 4.78 is 5.05. The molecule has 2 saturated heterocycles. The SMILES string of the molecule is CCOC(=O)N1CCN(C(=O)[C@H](CCC(=O)O)NC(=O)c2cc(N3CCCCC3CN(C)C)nc(-c3ccccc3)n2)CC1. The highest BCUT2D eigenvalue weighted by Gasteiger charge is 2.32. The molecule has 0 radical (unpaired) electrons. The van der Waals surface area contributed by atoms with Gasteiger partial charge in [0.25, 0.3) is 5.91 Å². The van der Waals surface area contributed by atoms with Crippen molar-refractivity contribution in [2.45, 2.75) is 51.1 Å². The van der Waals surface area contributed by atoms with E-state index < -0.39 is 29.9 Å². The molecule has 1 unspecified atom stereocenters. The zero-order valence-corrected chi connectivity index (χ0v) is 25.8. The van der Waals surface area contributed by atoms with Crippen molar-refractivity contribution in [1.82, 2.24) is 30.0 Å². The third-order valence-electron chi connectivity index (χ3n) is 7.84. The summed E-state index contributed by atoms with van der Waals surface area (Å²) in [5, 5.41) is 12.1. The van der Waals surface area contributed by atoms with Crippen LogP contribution in [0.1, 0.15) is 49.5 Å². The first-order valence-electron chi connectivity index (χ1n) is 15.2. The van der Waals surface area contributed by atoms with E-state index in [1.807, 2.05) is 44.4 Å². The maximum absolute atomic E-state index is 13.8. The number of hydrogen-bond donors (Lipinski definition) is 2. The average molecular weight is 610 g/mol. The Labute approximate surface area is 258 Å². The predicted octanol–water partition coefficient (Wildman–Crippen LogP) is 2.33. The number of ether oxygens (including phenoxy) is 1. The monoisotopic (exact) mass is 609 g/mol. The summed E-state index contributed by atoms with van der Waals surface area (Å²) in [6.07, 6.45) is 2.29. The van der Waals surface area contributed by atoms with Gasteiger partial charge in [-0.05, 0) is 46.7 Å². The van der Waals surface area contributed by atoms with Crippen LogP contribution in [0.15, 0.2) is 36.4 Å². The Morgan fingerprint density at radius 2 is 1.73 bits per heavy atom. The Morgan fingerprint density at radius 1 is 1.02 bits per heavy atom. The van der Waals surface area contributed by atoms with Crippen LogP contribution < -0.4 is 10.2 Å². The number of piperazine rings is 1. The third-order valence-corrected chi connectivity index (χ3v) is 7.84. The Kier molecular flexibility index (Phi) is 11.5. The zero-order chi connectivity index (χ0) is 31.6. The molecule has 1 aromatic heterocycles. The van der Waals surface area contributed by atoms with Crippen LogP contribution in [0.5, 0.6) is 0 Å². The maximum atomic E-state index is 13.8. The van der Waals surface area contributed by atoms with Gasteiger partial charge in [0.1, 0.15) is 17.6 Å². The Bertz CT molecular complexity index is 1300. The molecule has 2 fully saturated rings. The lowest BCUT2D eigenvalue weighted by molar-refractivity contribution is -0.138. The molecule has 13 heteroatoms. The summed E-state index contributed by atoms with van der Waals surface area (Å²) >= 11 is 0. The smallest absolute Gasteiger partial charge is 0.409 e. The summed E-state index contributed by atoms with van der Waals surface area (Å²) in [6.45, 7) is 4.67. The highest BCUT2D eigenvalue weighted by atomic mass is 16.6. The second-order valence-electron chi connectivity index (χ2n) is 11.4. The standard InChI is InChI=1S/C31H43N7O6/c1-4-44-31(43)37-18-16-36(17-19-37)30(42)24(13-14-27(39)40)33-29(41)25-20-26(34-28(32-25)22-10-6-5-7-11-22)38-15-9-8-12-23(38)21-35(2)3/h5-7,10-11,20,23-24H,4,8-9,12-19,21H2,1-3H3,(H,33,41)(H,39,40)/t23?,24-/m0/s1. The molecule has 13 nitrogen and oxygen atoms in total. The minimum atomic E-state index is -1.08. The normalized spacial score (nSPS) is 17.7. The van der Waals surface area contributed by atoms with Crippen LogP contribution in [0.4, 0.5) is 10.6 Å². The molecule has 2 aromatic rings. The lowest BCUT2D eigenvalue weighted by Crippen LogP contribution is -2.56. The summed E-state index contributed by atoms with van der Waals surface area (Å²) in [5.41, 5.74) is 0.853. The topological polar surface area (TPSA) is 149 Å². The van der Waals surface area contributed by atoms with Gasteiger partial charge in [0.05, 0.1) is 6.61 Å². The fourth-order valence-corrected chi connectivity index (χ4v) is 5.63. The second-order valence-corrected chi connectivity index (χ2v) is 11.4. The van der Waals surface area contributed by atoms with Crippen molar-refractivity contribution >= 4 is 29.7 Å². The molecule has 2 N–H and O–H groups in total. The van der Waals surface area contributed by atoms with Crippen LogP contribution in [0.2, 0.25) is 0 Å². The molecule has 238 valence electrons. The number of carbonyl (C=O) groups excluding carboxylic acids is 3. The lowest BCUT2D eigenvalue weighted by Gasteiger charge is -2.38. The fourth-order valence-electron chi connectivity index (χ4n) is 5.63. The van der Waals surface area contributed by atoms with E-state index in [4.69, 9.17) is 9.72 Å². The van der Waals surface area contributed by atoms with Gasteiger partial charge in [-0.25, -0.2) is 14.8 Å². The summed E-state index contributed by atoms with van der Waals surface area (Å²) in [5.74, 6) is -1.02. The molecule has 44 heavy (non-hydrogen) atoms. The number of nitrogens with one attached hydrogen (secondary N) is 1. The van der Waals surface area contributed by atoms with E-state index in [1.54, 1.807) is 17.9 Å². The van der Waals surface area contributed by atoms with Gasteiger partial charge in [0.15, 0.2) is 5.82 Å². The van der Waals surface area contributed by atoms with E-state index in [0.717, 1.165) is 37.9 Å². The van der Waals surface area contributed by atoms with Gasteiger partial charge >= 0.3 is 12.1 Å². The van der Waals surface area contributed by atoms with Crippen molar-refractivity contribution in [2.24, 2.45) is 0 Å². The average Bonchev–Trinajstić information content (AvgIpc) is 3.03. The fraction of sp³-hybridized carbons (Fsp3) is 0.548. The number of rotatable bonds is 11. The molecule has 2 atom stereocenters. The van der Waals surface area contributed by atoms with Crippen molar-refractivity contribution < 1.29 is 29.0 Å². The molecule has 0 bridgehead atoms. The Morgan fingerprint density at radius 3 is 2.39 bits per heavy atom. The van der Waals surface area contributed by atoms with E-state index in [0.29, 0.717) is 11.6 Å². The molecule has 3 amide bonds. The highest BCUT2D eigenvalue weighted by Crippen LogP contribution is 2.27. The molecular weight excluding hydrogens is 566 g/mol. The van der Waals surface area contributed by atoms with Crippen molar-refractivity contribution in [2.75, 3.05) is 64.9 Å². The number of aromatic nitrogens is 2. The van der Waals surface area contributed by atoms with E-state index >= 15 is 0 Å². The number of carboxylic acid groups (broad SMARTS) is 1. The largest absolute Gasteiger partial charge is 0.481 e. The number of anilines is 1. The summed E-state index contributed by atoms with van der Waals surface area (Å²) in [7, 11) is 4.07. The van der Waals surface area contributed by atoms with Crippen molar-refractivity contribution in [3.05, 3.63) is 42.1 Å². The van der Waals surface area contributed by atoms with Crippen molar-refractivity contribution in [3.63, 3.8) is 0 Å². The van der Waals surface area contributed by atoms with Gasteiger partial charge in [0, 0.05) is 63.4 Å². The van der Waals surface area contributed by atoms with Gasteiger partial charge in [0.2, 0.25) is 5.91 Å². The van der Waals surface area contributed by atoms with Crippen LogP contribution in [-0.4, -0.2) is 126 Å². The van der Waals surface area contributed by atoms with E-state index in [-0.39, 0.29) is 57.4 Å². The molecule has 4 rings (SSSR count). The van der Waals surface area contributed by atoms with E-state index in [2.05, 4.69) is 20.1 Å². The first-order valence-corrected chi connectivity index (χ1v) is 15.2. The minimum Gasteiger partial charge on any atom is -0.481 e. The number of carbonyl (C=O) groups is 4. The lowest BCUT2D eigenvalue weighted by atomic mass is 10.0. The van der Waals surface area contributed by atoms with Gasteiger partial charge in [-0.2, -0.15) is 0 Å². The van der Waals surface area contributed by atoms with Gasteiger partial charge in [-0.15, -0.1) is 0 Å². The van der Waals surface area contributed by atoms with Crippen LogP contribution in [0.3, 0.4) is 0 Å². The quantitative estimate of drug-likeness (QED) is 0.389. The molecule has 0 aliphatic carbocycles. The number of likely N-dealkylation sites (N-methyl/N-ethyl adjacent to an activating group) is 1. The van der Waals surface area contributed by atoms with E-state index in [1.165, 1.54) is 4.90 Å². The Hall–Kier alpha value is -4.26. The predicted molar refractivity (Wildman–Crippen MR) is 164 cm³/mol. The van der Waals surface area contributed by atoms with Gasteiger partial charge in [-0.3, -0.25) is 14.4 Å². The maximum Gasteiger partial charge on any atom is 0.409 e. The molecule has 2 aliphatic rings. The number of nitrogens with zero attached hydrogens (tertiary/aromatic N) is 6. The van der Waals surface area contributed by atoms with Gasteiger partial charge in [-0.1, -0.05) is 30.3 Å². The first kappa shape index (κ1) is 32.6. The number of piperidine rings is 1. The molecule has 0 spiro atoms. The van der Waals surface area contributed by atoms with Crippen LogP contribution in [0.25, 0.3) is 11.4 Å². The molecular formula is C31H43N7O6. The number of hydrogen-bond acceptors (Lipinski definition) is 9. The van der Waals surface area contributed by atoms with Crippen LogP contribution in [-0.2, 0) is 14.3 Å². The molecule has 1 aromatic carbocycles. The summed E-state index contributed by atoms with van der Waals surface area (Å²) in [6, 6.07) is 10.2. The molecule has 2 aliphatic heterocycles. The number of benzene rings is 1. The highest BCUT2D eigenvalue weighted by molar-refractivity contribution is 5.97. The number of amides is 3. The third kappa shape index (κ3) is 8.65. The van der Waals surface area contributed by atoms with Crippen LogP contribution >= 0.6 is 0 Å². The molecule has 0 saturated carbocycles. The minimum absolute atomic E-state index is 0.0848. The van der Waals surface area contributed by atoms with Crippen molar-refractivity contribution in [3.8, 4) is 11.4 Å². The van der Waals surface area contributed by atoms with Crippen LogP contribution in [0, 0.1) is 0 Å². The van der Waals surface area contributed by atoms with Crippen molar-refractivity contribution in [1.29, 1.82) is 0 Å². The number of carboxylic acids is 1.